The number of hydrogen-bond donors (Lipinski definition) is 1. The van der Waals surface area contributed by atoms with Crippen LogP contribution in [0.15, 0.2) is 18.2 Å². The van der Waals surface area contributed by atoms with Gasteiger partial charge in [-0.15, -0.1) is 0 Å². The van der Waals surface area contributed by atoms with Gasteiger partial charge in [-0.2, -0.15) is 0 Å². The second-order valence-electron chi connectivity index (χ2n) is 10.9. The van der Waals surface area contributed by atoms with Crippen LogP contribution in [0.3, 0.4) is 0 Å². The third-order valence-corrected chi connectivity index (χ3v) is 8.75. The Labute approximate surface area is 212 Å². The molecule has 3 aliphatic rings. The summed E-state index contributed by atoms with van der Waals surface area (Å²) in [5.41, 5.74) is 1.26. The van der Waals surface area contributed by atoms with Gasteiger partial charge in [0.15, 0.2) is 0 Å². The average Bonchev–Trinajstić information content (AvgIpc) is 3.41. The van der Waals surface area contributed by atoms with Gasteiger partial charge in [0.25, 0.3) is 11.8 Å². The van der Waals surface area contributed by atoms with Crippen molar-refractivity contribution in [2.45, 2.75) is 70.0 Å². The average molecular weight is 518 g/mol. The van der Waals surface area contributed by atoms with E-state index in [2.05, 4.69) is 19.6 Å². The Morgan fingerprint density at radius 2 is 1.94 bits per heavy atom. The quantitative estimate of drug-likeness (QED) is 0.304. The maximum Gasteiger partial charge on any atom is 0.407 e. The van der Waals surface area contributed by atoms with Gasteiger partial charge in [-0.1, -0.05) is 19.6 Å². The summed E-state index contributed by atoms with van der Waals surface area (Å²) >= 11 is 0. The summed E-state index contributed by atoms with van der Waals surface area (Å²) in [6, 6.07) is 5.20. The van der Waals surface area contributed by atoms with Crippen LogP contribution in [0.1, 0.15) is 41.6 Å². The van der Waals surface area contributed by atoms with E-state index in [0.29, 0.717) is 30.9 Å². The monoisotopic (exact) mass is 517 g/mol. The van der Waals surface area contributed by atoms with Gasteiger partial charge < -0.3 is 24.4 Å². The first kappa shape index (κ1) is 26.1. The van der Waals surface area contributed by atoms with Gasteiger partial charge >= 0.3 is 6.09 Å². The van der Waals surface area contributed by atoms with Gasteiger partial charge in [0, 0.05) is 39.8 Å². The number of carbonyl (C=O) groups excluding carboxylic acids is 3. The largest absolute Gasteiger partial charge is 0.491 e. The molecular formula is C25H35N3O7Si. The molecule has 0 aromatic heterocycles. The number of piperidine rings is 1. The van der Waals surface area contributed by atoms with Crippen LogP contribution in [0.2, 0.25) is 25.7 Å². The fourth-order valence-corrected chi connectivity index (χ4v) is 5.65. The summed E-state index contributed by atoms with van der Waals surface area (Å²) in [6.07, 6.45) is 1.10. The maximum absolute atomic E-state index is 13.2. The molecule has 2 saturated heterocycles. The van der Waals surface area contributed by atoms with Crippen molar-refractivity contribution in [1.29, 1.82) is 0 Å². The zero-order valence-electron chi connectivity index (χ0n) is 21.2. The van der Waals surface area contributed by atoms with E-state index >= 15 is 0 Å². The summed E-state index contributed by atoms with van der Waals surface area (Å²) in [5.74, 6) is -0.349. The van der Waals surface area contributed by atoms with Crippen molar-refractivity contribution in [3.63, 3.8) is 0 Å². The number of hydrogen-bond acceptors (Lipinski definition) is 6. The lowest BCUT2D eigenvalue weighted by atomic mass is 10.0. The summed E-state index contributed by atoms with van der Waals surface area (Å²) in [7, 11) is -1.29. The first-order valence-corrected chi connectivity index (χ1v) is 16.2. The van der Waals surface area contributed by atoms with Crippen LogP contribution in [0.5, 0.6) is 5.75 Å². The van der Waals surface area contributed by atoms with E-state index in [4.69, 9.17) is 9.47 Å². The molecule has 1 N–H and O–H groups in total. The minimum absolute atomic E-state index is 0.0832. The van der Waals surface area contributed by atoms with Crippen LogP contribution in [0, 0.1) is 0 Å². The topological polar surface area (TPSA) is 117 Å². The molecule has 4 rings (SSSR count). The molecule has 0 bridgehead atoms. The number of likely N-dealkylation sites (tertiary alicyclic amines) is 2. The van der Waals surface area contributed by atoms with Gasteiger partial charge in [0.1, 0.15) is 25.1 Å². The molecule has 2 atom stereocenters. The Morgan fingerprint density at radius 1 is 1.17 bits per heavy atom. The lowest BCUT2D eigenvalue weighted by Crippen LogP contribution is -2.55. The molecule has 11 heteroatoms. The molecule has 1 unspecified atom stereocenters. The van der Waals surface area contributed by atoms with E-state index in [1.54, 1.807) is 18.2 Å². The summed E-state index contributed by atoms with van der Waals surface area (Å²) in [4.78, 5) is 54.1. The van der Waals surface area contributed by atoms with E-state index < -0.39 is 26.1 Å². The number of fused-ring (bicyclic) bond motifs is 1. The zero-order chi connectivity index (χ0) is 26.0. The van der Waals surface area contributed by atoms with Gasteiger partial charge in [0.2, 0.25) is 5.91 Å². The predicted molar refractivity (Wildman–Crippen MR) is 133 cm³/mol. The van der Waals surface area contributed by atoms with Crippen LogP contribution in [-0.2, 0) is 20.9 Å². The van der Waals surface area contributed by atoms with Gasteiger partial charge in [0.05, 0.1) is 6.04 Å². The van der Waals surface area contributed by atoms with Crippen LogP contribution in [0.4, 0.5) is 4.79 Å². The molecule has 0 aliphatic carbocycles. The normalized spacial score (nSPS) is 22.4. The van der Waals surface area contributed by atoms with Crippen molar-refractivity contribution in [3.05, 3.63) is 29.3 Å². The summed E-state index contributed by atoms with van der Waals surface area (Å²) in [5, 5.41) is 9.31. The standard InChI is InChI=1S/C25H35N3O7Si/c1-36(2,3)12-11-34-16-28-22(29)9-8-21(24(28)31)27-14-17-13-19(6-7-20(17)23(27)30)35-15-18-5-4-10-26(18)25(32)33/h6-7,13,18,21H,4-5,8-12,14-16H2,1-3H3,(H,32,33)/t18-,21?/m0/s1. The Bertz CT molecular complexity index is 1040. The van der Waals surface area contributed by atoms with Crippen molar-refractivity contribution in [3.8, 4) is 5.75 Å². The number of carbonyl (C=O) groups is 4. The number of nitrogens with zero attached hydrogens (tertiary/aromatic N) is 3. The lowest BCUT2D eigenvalue weighted by molar-refractivity contribution is -0.158. The minimum atomic E-state index is -1.29. The fraction of sp³-hybridized carbons (Fsp3) is 0.600. The molecule has 10 nitrogen and oxygen atoms in total. The van der Waals surface area contributed by atoms with E-state index in [9.17, 15) is 24.3 Å². The van der Waals surface area contributed by atoms with Crippen LogP contribution in [0.25, 0.3) is 0 Å². The second-order valence-corrected chi connectivity index (χ2v) is 16.5. The number of rotatable bonds is 9. The Morgan fingerprint density at radius 3 is 2.67 bits per heavy atom. The first-order chi connectivity index (χ1) is 17.0. The number of carboxylic acid groups (broad SMARTS) is 1. The molecule has 3 heterocycles. The van der Waals surface area contributed by atoms with E-state index in [1.165, 1.54) is 9.80 Å². The predicted octanol–water partition coefficient (Wildman–Crippen LogP) is 2.99. The molecule has 196 valence electrons. The molecule has 0 spiro atoms. The summed E-state index contributed by atoms with van der Waals surface area (Å²) in [6.45, 7) is 8.13. The maximum atomic E-state index is 13.2. The Balaban J connectivity index is 1.37. The van der Waals surface area contributed by atoms with Crippen molar-refractivity contribution in [2.75, 3.05) is 26.5 Å². The van der Waals surface area contributed by atoms with Gasteiger partial charge in [-0.05, 0) is 49.1 Å². The van der Waals surface area contributed by atoms with Gasteiger partial charge in [-0.3, -0.25) is 19.3 Å². The number of benzene rings is 1. The number of ether oxygens (including phenoxy) is 2. The highest BCUT2D eigenvalue weighted by molar-refractivity contribution is 6.76. The van der Waals surface area contributed by atoms with Gasteiger partial charge in [-0.25, -0.2) is 4.79 Å². The fourth-order valence-electron chi connectivity index (χ4n) is 4.89. The third-order valence-electron chi connectivity index (χ3n) is 7.05. The lowest BCUT2D eigenvalue weighted by Gasteiger charge is -2.35. The molecule has 0 saturated carbocycles. The zero-order valence-corrected chi connectivity index (χ0v) is 22.2. The third kappa shape index (κ3) is 5.72. The van der Waals surface area contributed by atoms with Crippen molar-refractivity contribution < 1.29 is 33.8 Å². The van der Waals surface area contributed by atoms with Crippen molar-refractivity contribution in [2.24, 2.45) is 0 Å². The molecule has 3 aliphatic heterocycles. The van der Waals surface area contributed by atoms with Crippen LogP contribution in [-0.4, -0.2) is 90.3 Å². The Kier molecular flexibility index (Phi) is 7.69. The minimum Gasteiger partial charge on any atom is -0.491 e. The molecule has 36 heavy (non-hydrogen) atoms. The van der Waals surface area contributed by atoms with E-state index in [0.717, 1.165) is 29.3 Å². The molecular weight excluding hydrogens is 482 g/mol. The SMILES string of the molecule is C[Si](C)(C)CCOCN1C(=O)CCC(N2Cc3cc(OC[C@@H]4CCCN4C(=O)O)ccc3C2=O)C1=O. The highest BCUT2D eigenvalue weighted by Gasteiger charge is 2.43. The van der Waals surface area contributed by atoms with Crippen LogP contribution >= 0.6 is 0 Å². The molecule has 0 radical (unpaired) electrons. The van der Waals surface area contributed by atoms with E-state index in [1.807, 2.05) is 0 Å². The highest BCUT2D eigenvalue weighted by atomic mass is 28.3. The van der Waals surface area contributed by atoms with Crippen molar-refractivity contribution in [1.82, 2.24) is 14.7 Å². The van der Waals surface area contributed by atoms with Crippen LogP contribution < -0.4 is 4.74 Å². The Hall–Kier alpha value is -2.92. The molecule has 1 aromatic rings. The molecule has 1 aromatic carbocycles. The number of imide groups is 1. The molecule has 2 fully saturated rings. The smallest absolute Gasteiger partial charge is 0.407 e. The number of amides is 4. The second kappa shape index (κ2) is 10.6. The van der Waals surface area contributed by atoms with Crippen molar-refractivity contribution >= 4 is 31.9 Å². The molecule has 4 amide bonds. The first-order valence-electron chi connectivity index (χ1n) is 12.5. The summed E-state index contributed by atoms with van der Waals surface area (Å²) < 4.78 is 11.5. The van der Waals surface area contributed by atoms with E-state index in [-0.39, 0.29) is 44.2 Å². The highest BCUT2D eigenvalue weighted by Crippen LogP contribution is 2.31.